The Balaban J connectivity index is 1.56. The number of sulfonamides is 1. The Bertz CT molecular complexity index is 520. The Morgan fingerprint density at radius 1 is 1.42 bits per heavy atom. The zero-order chi connectivity index (χ0) is 13.3. The van der Waals surface area contributed by atoms with Crippen molar-refractivity contribution in [3.63, 3.8) is 0 Å². The molecule has 1 aliphatic carbocycles. The molecule has 1 saturated carbocycles. The summed E-state index contributed by atoms with van der Waals surface area (Å²) < 4.78 is 38.4. The van der Waals surface area contributed by atoms with Gasteiger partial charge in [-0.25, -0.2) is 13.1 Å². The van der Waals surface area contributed by atoms with Crippen LogP contribution >= 0.6 is 11.3 Å². The standard InChI is InChI=1S/C12H17NO4S2/c14-19(15,11-4-3-7-18-11)13-8-10-9-16-12(17-10)5-1-2-6-12/h3-4,7,10,13H,1-2,5-6,8-9H2. The lowest BCUT2D eigenvalue weighted by Crippen LogP contribution is -2.34. The van der Waals surface area contributed by atoms with E-state index in [1.54, 1.807) is 17.5 Å². The molecule has 2 heterocycles. The molecule has 1 aromatic heterocycles. The second kappa shape index (κ2) is 5.14. The highest BCUT2D eigenvalue weighted by Gasteiger charge is 2.43. The van der Waals surface area contributed by atoms with Gasteiger partial charge >= 0.3 is 0 Å². The number of rotatable bonds is 4. The van der Waals surface area contributed by atoms with Crippen LogP contribution in [-0.4, -0.2) is 33.5 Å². The second-order valence-electron chi connectivity index (χ2n) is 4.95. The van der Waals surface area contributed by atoms with Crippen LogP contribution in [0.25, 0.3) is 0 Å². The van der Waals surface area contributed by atoms with Crippen LogP contribution < -0.4 is 4.72 Å². The van der Waals surface area contributed by atoms with Gasteiger partial charge in [-0.1, -0.05) is 6.07 Å². The number of ether oxygens (including phenoxy) is 2. The molecule has 0 bridgehead atoms. The Morgan fingerprint density at radius 2 is 2.21 bits per heavy atom. The van der Waals surface area contributed by atoms with Crippen molar-refractivity contribution in [2.45, 2.75) is 41.8 Å². The summed E-state index contributed by atoms with van der Waals surface area (Å²) in [7, 11) is -3.41. The summed E-state index contributed by atoms with van der Waals surface area (Å²) in [5, 5.41) is 1.75. The van der Waals surface area contributed by atoms with Crippen LogP contribution in [0, 0.1) is 0 Å². The van der Waals surface area contributed by atoms with E-state index in [0.29, 0.717) is 10.8 Å². The summed E-state index contributed by atoms with van der Waals surface area (Å²) in [5.74, 6) is -0.432. The largest absolute Gasteiger partial charge is 0.347 e. The predicted octanol–water partition coefficient (Wildman–Crippen LogP) is 1.71. The summed E-state index contributed by atoms with van der Waals surface area (Å²) in [6.45, 7) is 0.731. The van der Waals surface area contributed by atoms with Crippen LogP contribution in [-0.2, 0) is 19.5 Å². The van der Waals surface area contributed by atoms with Crippen LogP contribution in [0.1, 0.15) is 25.7 Å². The highest BCUT2D eigenvalue weighted by atomic mass is 32.2. The van der Waals surface area contributed by atoms with Crippen LogP contribution in [0.4, 0.5) is 0 Å². The maximum absolute atomic E-state index is 12.0. The summed E-state index contributed by atoms with van der Waals surface area (Å²) in [5.41, 5.74) is 0. The van der Waals surface area contributed by atoms with E-state index in [9.17, 15) is 8.42 Å². The van der Waals surface area contributed by atoms with Gasteiger partial charge in [-0.3, -0.25) is 0 Å². The minimum Gasteiger partial charge on any atom is -0.347 e. The highest BCUT2D eigenvalue weighted by molar-refractivity contribution is 7.91. The minimum atomic E-state index is -3.41. The highest BCUT2D eigenvalue weighted by Crippen LogP contribution is 2.39. The van der Waals surface area contributed by atoms with Gasteiger partial charge in [0.05, 0.1) is 12.7 Å². The number of thiophene rings is 1. The molecule has 3 rings (SSSR count). The molecule has 0 aromatic carbocycles. The molecule has 1 aliphatic heterocycles. The van der Waals surface area contributed by atoms with E-state index in [1.807, 2.05) is 0 Å². The van der Waals surface area contributed by atoms with Crippen molar-refractivity contribution in [2.75, 3.05) is 13.2 Å². The molecule has 0 radical (unpaired) electrons. The van der Waals surface area contributed by atoms with Gasteiger partial charge in [0.15, 0.2) is 5.79 Å². The van der Waals surface area contributed by atoms with Gasteiger partial charge in [0, 0.05) is 19.4 Å². The summed E-state index contributed by atoms with van der Waals surface area (Å²) in [6, 6.07) is 3.32. The molecule has 1 spiro atoms. The second-order valence-corrected chi connectivity index (χ2v) is 7.89. The molecule has 1 saturated heterocycles. The van der Waals surface area contributed by atoms with Gasteiger partial charge in [-0.15, -0.1) is 11.3 Å². The molecule has 1 aromatic rings. The van der Waals surface area contributed by atoms with Crippen LogP contribution in [0.2, 0.25) is 0 Å². The maximum Gasteiger partial charge on any atom is 0.250 e. The Labute approximate surface area is 117 Å². The van der Waals surface area contributed by atoms with E-state index in [4.69, 9.17) is 9.47 Å². The number of hydrogen-bond acceptors (Lipinski definition) is 5. The topological polar surface area (TPSA) is 64.6 Å². The van der Waals surface area contributed by atoms with Gasteiger partial charge in [0.1, 0.15) is 4.21 Å². The monoisotopic (exact) mass is 303 g/mol. The summed E-state index contributed by atoms with van der Waals surface area (Å²) in [4.78, 5) is 0. The normalized spacial score (nSPS) is 26.2. The summed E-state index contributed by atoms with van der Waals surface area (Å²) >= 11 is 1.21. The SMILES string of the molecule is O=S(=O)(NCC1COC2(CCCC2)O1)c1cccs1. The first-order valence-electron chi connectivity index (χ1n) is 6.45. The third-order valence-electron chi connectivity index (χ3n) is 3.54. The molecular weight excluding hydrogens is 286 g/mol. The van der Waals surface area contributed by atoms with Crippen LogP contribution in [0.15, 0.2) is 21.7 Å². The first-order valence-corrected chi connectivity index (χ1v) is 8.81. The molecule has 0 amide bonds. The zero-order valence-corrected chi connectivity index (χ0v) is 12.1. The minimum absolute atomic E-state index is 0.187. The third-order valence-corrected chi connectivity index (χ3v) is 6.36. The zero-order valence-electron chi connectivity index (χ0n) is 10.5. The van der Waals surface area contributed by atoms with Gasteiger partial charge in [0.25, 0.3) is 0 Å². The van der Waals surface area contributed by atoms with E-state index in [0.717, 1.165) is 25.7 Å². The fourth-order valence-electron chi connectivity index (χ4n) is 2.58. The van der Waals surface area contributed by atoms with E-state index in [1.165, 1.54) is 11.3 Å². The smallest absolute Gasteiger partial charge is 0.250 e. The van der Waals surface area contributed by atoms with Crippen molar-refractivity contribution in [2.24, 2.45) is 0 Å². The van der Waals surface area contributed by atoms with E-state index in [-0.39, 0.29) is 12.6 Å². The van der Waals surface area contributed by atoms with Crippen molar-refractivity contribution < 1.29 is 17.9 Å². The molecule has 1 N–H and O–H groups in total. The van der Waals surface area contributed by atoms with Gasteiger partial charge in [-0.05, 0) is 24.3 Å². The van der Waals surface area contributed by atoms with E-state index < -0.39 is 15.8 Å². The molecule has 5 nitrogen and oxygen atoms in total. The first-order chi connectivity index (χ1) is 9.10. The average Bonchev–Trinajstić information content (AvgIpc) is 3.10. The summed E-state index contributed by atoms with van der Waals surface area (Å²) in [6.07, 6.45) is 3.89. The van der Waals surface area contributed by atoms with Crippen molar-refractivity contribution >= 4 is 21.4 Å². The maximum atomic E-state index is 12.0. The number of hydrogen-bond donors (Lipinski definition) is 1. The van der Waals surface area contributed by atoms with Crippen LogP contribution in [0.5, 0.6) is 0 Å². The number of nitrogens with one attached hydrogen (secondary N) is 1. The first kappa shape index (κ1) is 13.5. The molecule has 7 heteroatoms. The van der Waals surface area contributed by atoms with Gasteiger partial charge in [0.2, 0.25) is 10.0 Å². The van der Waals surface area contributed by atoms with Crippen molar-refractivity contribution in [3.8, 4) is 0 Å². The Hall–Kier alpha value is -0.470. The third kappa shape index (κ3) is 2.85. The Kier molecular flexibility index (Phi) is 3.65. The molecule has 1 unspecified atom stereocenters. The predicted molar refractivity (Wildman–Crippen MR) is 71.5 cm³/mol. The fraction of sp³-hybridized carbons (Fsp3) is 0.667. The quantitative estimate of drug-likeness (QED) is 0.919. The Morgan fingerprint density at radius 3 is 2.89 bits per heavy atom. The average molecular weight is 303 g/mol. The molecule has 2 fully saturated rings. The molecular formula is C12H17NO4S2. The van der Waals surface area contributed by atoms with Crippen molar-refractivity contribution in [3.05, 3.63) is 17.5 Å². The van der Waals surface area contributed by atoms with Gasteiger partial charge in [-0.2, -0.15) is 0 Å². The van der Waals surface area contributed by atoms with Crippen molar-refractivity contribution in [1.29, 1.82) is 0 Å². The van der Waals surface area contributed by atoms with Gasteiger partial charge < -0.3 is 9.47 Å². The lowest BCUT2D eigenvalue weighted by Gasteiger charge is -2.21. The fourth-order valence-corrected chi connectivity index (χ4v) is 4.69. The lowest BCUT2D eigenvalue weighted by molar-refractivity contribution is -0.160. The molecule has 106 valence electrons. The molecule has 1 atom stereocenters. The van der Waals surface area contributed by atoms with E-state index in [2.05, 4.69) is 4.72 Å². The lowest BCUT2D eigenvalue weighted by atomic mass is 10.2. The molecule has 19 heavy (non-hydrogen) atoms. The van der Waals surface area contributed by atoms with Crippen LogP contribution in [0.3, 0.4) is 0 Å². The van der Waals surface area contributed by atoms with Crippen molar-refractivity contribution in [1.82, 2.24) is 4.72 Å². The van der Waals surface area contributed by atoms with E-state index >= 15 is 0 Å². The molecule has 2 aliphatic rings.